The zero-order valence-electron chi connectivity index (χ0n) is 10.7. The van der Waals surface area contributed by atoms with Crippen LogP contribution in [0.5, 0.6) is 0 Å². The maximum Gasteiger partial charge on any atom is 0.340 e. The normalized spacial score (nSPS) is 16.7. The van der Waals surface area contributed by atoms with Crippen LogP contribution < -0.4 is 10.6 Å². The van der Waals surface area contributed by atoms with Gasteiger partial charge >= 0.3 is 5.97 Å². The molecule has 1 fully saturated rings. The first kappa shape index (κ1) is 12.6. The minimum atomic E-state index is -0.377. The van der Waals surface area contributed by atoms with Crippen molar-refractivity contribution in [3.05, 3.63) is 17.8 Å². The van der Waals surface area contributed by atoms with Crippen LogP contribution in [0, 0.1) is 0 Å². The Labute approximate surface area is 106 Å². The third kappa shape index (κ3) is 2.53. The molecule has 0 radical (unpaired) electrons. The topological polar surface area (TPSA) is 71.7 Å². The highest BCUT2D eigenvalue weighted by Crippen LogP contribution is 2.23. The maximum atomic E-state index is 11.8. The van der Waals surface area contributed by atoms with E-state index in [-0.39, 0.29) is 5.97 Å². The predicted molar refractivity (Wildman–Crippen MR) is 69.7 cm³/mol. The van der Waals surface area contributed by atoms with Crippen LogP contribution in [0.1, 0.15) is 10.4 Å². The Morgan fingerprint density at radius 2 is 2.06 bits per heavy atom. The molecule has 1 aliphatic heterocycles. The van der Waals surface area contributed by atoms with Crippen molar-refractivity contribution in [2.75, 3.05) is 51.0 Å². The van der Waals surface area contributed by atoms with E-state index in [1.54, 1.807) is 12.3 Å². The van der Waals surface area contributed by atoms with E-state index in [9.17, 15) is 4.79 Å². The van der Waals surface area contributed by atoms with Gasteiger partial charge in [-0.15, -0.1) is 0 Å². The highest BCUT2D eigenvalue weighted by atomic mass is 16.5. The van der Waals surface area contributed by atoms with Gasteiger partial charge in [-0.05, 0) is 13.1 Å². The number of carbonyl (C=O) groups excluding carboxylic acids is 1. The van der Waals surface area contributed by atoms with Crippen molar-refractivity contribution in [1.29, 1.82) is 0 Å². The number of aromatic nitrogens is 1. The molecule has 2 heterocycles. The standard InChI is InChI=1S/C12H18N4O2/c1-15-3-5-16(6-4-15)10-8-14-11(13)7-9(10)12(17)18-2/h7-8H,3-6H2,1-2H3,(H2,13,14). The second-order valence-corrected chi connectivity index (χ2v) is 4.41. The predicted octanol–water partition coefficient (Wildman–Crippen LogP) is 0.202. The number of hydrogen-bond donors (Lipinski definition) is 1. The van der Waals surface area contributed by atoms with Crippen molar-refractivity contribution < 1.29 is 9.53 Å². The molecule has 6 nitrogen and oxygen atoms in total. The average molecular weight is 250 g/mol. The third-order valence-corrected chi connectivity index (χ3v) is 3.15. The molecule has 6 heteroatoms. The number of hydrogen-bond acceptors (Lipinski definition) is 6. The summed E-state index contributed by atoms with van der Waals surface area (Å²) in [7, 11) is 3.45. The van der Waals surface area contributed by atoms with Crippen molar-refractivity contribution in [3.8, 4) is 0 Å². The largest absolute Gasteiger partial charge is 0.465 e. The zero-order valence-corrected chi connectivity index (χ0v) is 10.7. The van der Waals surface area contributed by atoms with E-state index in [4.69, 9.17) is 10.5 Å². The van der Waals surface area contributed by atoms with Crippen molar-refractivity contribution in [2.45, 2.75) is 0 Å². The summed E-state index contributed by atoms with van der Waals surface area (Å²) in [5, 5.41) is 0. The van der Waals surface area contributed by atoms with Crippen molar-refractivity contribution >= 4 is 17.5 Å². The minimum absolute atomic E-state index is 0.327. The Balaban J connectivity index is 2.29. The molecule has 1 saturated heterocycles. The number of anilines is 2. The van der Waals surface area contributed by atoms with E-state index in [0.717, 1.165) is 31.9 Å². The van der Waals surface area contributed by atoms with Crippen LogP contribution in [-0.4, -0.2) is 56.2 Å². The number of nitrogens with zero attached hydrogens (tertiary/aromatic N) is 3. The molecular weight excluding hydrogens is 232 g/mol. The summed E-state index contributed by atoms with van der Waals surface area (Å²) >= 11 is 0. The Hall–Kier alpha value is -1.82. The lowest BCUT2D eigenvalue weighted by Gasteiger charge is -2.34. The molecule has 1 aromatic rings. The SMILES string of the molecule is COC(=O)c1cc(N)ncc1N1CCN(C)CC1. The quantitative estimate of drug-likeness (QED) is 0.756. The number of nitrogen functional groups attached to an aromatic ring is 1. The van der Waals surface area contributed by atoms with E-state index in [1.807, 2.05) is 0 Å². The molecule has 18 heavy (non-hydrogen) atoms. The van der Waals surface area contributed by atoms with Crippen LogP contribution in [0.25, 0.3) is 0 Å². The summed E-state index contributed by atoms with van der Waals surface area (Å²) in [6.07, 6.45) is 1.65. The highest BCUT2D eigenvalue weighted by Gasteiger charge is 2.21. The number of ether oxygens (including phenoxy) is 1. The van der Waals surface area contributed by atoms with E-state index in [1.165, 1.54) is 7.11 Å². The van der Waals surface area contributed by atoms with Gasteiger partial charge in [0.1, 0.15) is 5.82 Å². The molecular formula is C12H18N4O2. The molecule has 0 spiro atoms. The van der Waals surface area contributed by atoms with E-state index < -0.39 is 0 Å². The first-order valence-corrected chi connectivity index (χ1v) is 5.89. The number of nitrogens with two attached hydrogens (primary N) is 1. The van der Waals surface area contributed by atoms with E-state index >= 15 is 0 Å². The number of pyridine rings is 1. The fourth-order valence-corrected chi connectivity index (χ4v) is 2.04. The molecule has 0 saturated carbocycles. The maximum absolute atomic E-state index is 11.8. The first-order chi connectivity index (χ1) is 8.61. The van der Waals surface area contributed by atoms with Gasteiger partial charge in [0.2, 0.25) is 0 Å². The molecule has 0 aromatic carbocycles. The van der Waals surface area contributed by atoms with Gasteiger partial charge in [-0.3, -0.25) is 0 Å². The monoisotopic (exact) mass is 250 g/mol. The highest BCUT2D eigenvalue weighted by molar-refractivity contribution is 5.96. The number of methoxy groups -OCH3 is 1. The molecule has 1 aliphatic rings. The zero-order chi connectivity index (χ0) is 13.1. The number of piperazine rings is 1. The van der Waals surface area contributed by atoms with Gasteiger partial charge in [0.15, 0.2) is 0 Å². The van der Waals surface area contributed by atoms with Crippen LogP contribution in [0.2, 0.25) is 0 Å². The Morgan fingerprint density at radius 3 is 2.67 bits per heavy atom. The lowest BCUT2D eigenvalue weighted by atomic mass is 10.2. The second kappa shape index (κ2) is 5.22. The van der Waals surface area contributed by atoms with Gasteiger partial charge in [-0.2, -0.15) is 0 Å². The molecule has 0 amide bonds. The van der Waals surface area contributed by atoms with Crippen molar-refractivity contribution in [1.82, 2.24) is 9.88 Å². The fourth-order valence-electron chi connectivity index (χ4n) is 2.04. The number of likely N-dealkylation sites (N-methyl/N-ethyl adjacent to an activating group) is 1. The summed E-state index contributed by atoms with van der Waals surface area (Å²) in [4.78, 5) is 20.2. The summed E-state index contributed by atoms with van der Waals surface area (Å²) in [5.41, 5.74) is 6.90. The molecule has 2 N–H and O–H groups in total. The molecule has 0 aliphatic carbocycles. The van der Waals surface area contributed by atoms with Gasteiger partial charge in [-0.1, -0.05) is 0 Å². The second-order valence-electron chi connectivity index (χ2n) is 4.41. The Bertz CT molecular complexity index is 442. The fraction of sp³-hybridized carbons (Fsp3) is 0.500. The first-order valence-electron chi connectivity index (χ1n) is 5.89. The van der Waals surface area contributed by atoms with Crippen LogP contribution >= 0.6 is 0 Å². The number of carbonyl (C=O) groups is 1. The molecule has 0 unspecified atom stereocenters. The van der Waals surface area contributed by atoms with Crippen molar-refractivity contribution in [3.63, 3.8) is 0 Å². The lowest BCUT2D eigenvalue weighted by Crippen LogP contribution is -2.45. The summed E-state index contributed by atoms with van der Waals surface area (Å²) in [5.74, 6) is -0.0497. The Morgan fingerprint density at radius 1 is 1.39 bits per heavy atom. The van der Waals surface area contributed by atoms with Gasteiger partial charge < -0.3 is 20.3 Å². The third-order valence-electron chi connectivity index (χ3n) is 3.15. The lowest BCUT2D eigenvalue weighted by molar-refractivity contribution is 0.0601. The van der Waals surface area contributed by atoms with E-state index in [0.29, 0.717) is 11.4 Å². The van der Waals surface area contributed by atoms with Gasteiger partial charge in [0.25, 0.3) is 0 Å². The minimum Gasteiger partial charge on any atom is -0.465 e. The smallest absolute Gasteiger partial charge is 0.340 e. The number of rotatable bonds is 2. The summed E-state index contributed by atoms with van der Waals surface area (Å²) < 4.78 is 4.78. The van der Waals surface area contributed by atoms with E-state index in [2.05, 4.69) is 21.8 Å². The molecule has 98 valence electrons. The van der Waals surface area contributed by atoms with Gasteiger partial charge in [0, 0.05) is 26.2 Å². The molecule has 2 rings (SSSR count). The van der Waals surface area contributed by atoms with Crippen molar-refractivity contribution in [2.24, 2.45) is 0 Å². The van der Waals surface area contributed by atoms with Crippen LogP contribution in [0.3, 0.4) is 0 Å². The number of esters is 1. The molecule has 0 atom stereocenters. The van der Waals surface area contributed by atoms with Gasteiger partial charge in [0.05, 0.1) is 24.6 Å². The van der Waals surface area contributed by atoms with Crippen LogP contribution in [0.4, 0.5) is 11.5 Å². The molecule has 1 aromatic heterocycles. The van der Waals surface area contributed by atoms with Crippen LogP contribution in [-0.2, 0) is 4.74 Å². The van der Waals surface area contributed by atoms with Gasteiger partial charge in [-0.25, -0.2) is 9.78 Å². The summed E-state index contributed by atoms with van der Waals surface area (Å²) in [6.45, 7) is 3.66. The molecule has 0 bridgehead atoms. The summed E-state index contributed by atoms with van der Waals surface area (Å²) in [6, 6.07) is 1.57. The average Bonchev–Trinajstić information content (AvgIpc) is 2.39. The Kier molecular flexibility index (Phi) is 3.66. The van der Waals surface area contributed by atoms with Crippen LogP contribution in [0.15, 0.2) is 12.3 Å².